The van der Waals surface area contributed by atoms with Crippen LogP contribution in [-0.4, -0.2) is 37.9 Å². The van der Waals surface area contributed by atoms with Crippen LogP contribution in [0.4, 0.5) is 0 Å². The molecule has 0 N–H and O–H groups in total. The van der Waals surface area contributed by atoms with Crippen molar-refractivity contribution in [2.45, 2.75) is 25.7 Å². The van der Waals surface area contributed by atoms with Crippen LogP contribution in [0.15, 0.2) is 38.8 Å². The van der Waals surface area contributed by atoms with Crippen LogP contribution in [0, 0.1) is 0 Å². The van der Waals surface area contributed by atoms with Gasteiger partial charge in [0.25, 0.3) is 0 Å². The van der Waals surface area contributed by atoms with Gasteiger partial charge in [-0.15, -0.1) is 0 Å². The highest BCUT2D eigenvalue weighted by molar-refractivity contribution is 7.08. The van der Waals surface area contributed by atoms with Crippen LogP contribution in [0.1, 0.15) is 36.8 Å². The van der Waals surface area contributed by atoms with Crippen LogP contribution >= 0.6 is 22.7 Å². The number of hydrogen-bond donors (Lipinski definition) is 0. The normalized spacial score (nSPS) is 13.5. The van der Waals surface area contributed by atoms with Crippen LogP contribution in [0.3, 0.4) is 0 Å². The molecule has 0 radical (unpaired) electrons. The molecule has 0 aliphatic carbocycles. The van der Waals surface area contributed by atoms with Gasteiger partial charge in [0.2, 0.25) is 0 Å². The third-order valence-electron chi connectivity index (χ3n) is 3.50. The quantitative estimate of drug-likeness (QED) is 0.377. The van der Waals surface area contributed by atoms with Gasteiger partial charge in [-0.1, -0.05) is 12.1 Å². The number of rotatable bonds is 9. The van der Waals surface area contributed by atoms with E-state index in [2.05, 4.69) is 64.7 Å². The summed E-state index contributed by atoms with van der Waals surface area (Å²) >= 11 is 3.43. The maximum absolute atomic E-state index is 5.62. The van der Waals surface area contributed by atoms with Crippen molar-refractivity contribution in [1.29, 1.82) is 0 Å². The predicted octanol–water partition coefficient (Wildman–Crippen LogP) is 4.68. The molecule has 0 saturated carbocycles. The summed E-state index contributed by atoms with van der Waals surface area (Å²) < 4.78 is 0. The second kappa shape index (κ2) is 9.08. The first-order valence-electron chi connectivity index (χ1n) is 7.61. The summed E-state index contributed by atoms with van der Waals surface area (Å²) in [6.45, 7) is 3.88. The van der Waals surface area contributed by atoms with E-state index in [-0.39, 0.29) is 0 Å². The van der Waals surface area contributed by atoms with E-state index in [1.165, 1.54) is 11.1 Å². The molecule has 2 heterocycles. The van der Waals surface area contributed by atoms with Crippen molar-refractivity contribution in [3.05, 3.63) is 44.8 Å². The Morgan fingerprint density at radius 3 is 2.59 bits per heavy atom. The first-order valence-corrected chi connectivity index (χ1v) is 9.50. The van der Waals surface area contributed by atoms with Gasteiger partial charge >= 0.3 is 0 Å². The summed E-state index contributed by atoms with van der Waals surface area (Å²) in [5.41, 5.74) is 3.55. The molecule has 1 atom stereocenters. The highest BCUT2D eigenvalue weighted by Gasteiger charge is 2.20. The van der Waals surface area contributed by atoms with E-state index in [0.717, 1.165) is 25.1 Å². The summed E-state index contributed by atoms with van der Waals surface area (Å²) in [5, 5.41) is 13.1. The molecule has 22 heavy (non-hydrogen) atoms. The molecular weight excluding hydrogens is 312 g/mol. The van der Waals surface area contributed by atoms with E-state index < -0.39 is 0 Å². The van der Waals surface area contributed by atoms with Crippen molar-refractivity contribution < 1.29 is 4.84 Å². The minimum absolute atomic E-state index is 0.301. The van der Waals surface area contributed by atoms with Crippen molar-refractivity contribution in [2.24, 2.45) is 5.16 Å². The zero-order chi connectivity index (χ0) is 15.8. The summed E-state index contributed by atoms with van der Waals surface area (Å²) in [5.74, 6) is 0.301. The van der Waals surface area contributed by atoms with E-state index >= 15 is 0 Å². The first kappa shape index (κ1) is 17.2. The Bertz CT molecular complexity index is 547. The van der Waals surface area contributed by atoms with Gasteiger partial charge in [-0.25, -0.2) is 0 Å². The van der Waals surface area contributed by atoms with Crippen molar-refractivity contribution in [3.8, 4) is 0 Å². The number of hydrogen-bond acceptors (Lipinski definition) is 5. The molecule has 0 spiro atoms. The molecule has 0 aromatic carbocycles. The largest absolute Gasteiger partial charge is 0.396 e. The molecule has 5 heteroatoms. The van der Waals surface area contributed by atoms with Crippen LogP contribution < -0.4 is 0 Å². The molecule has 3 nitrogen and oxygen atoms in total. The molecule has 2 aromatic heterocycles. The number of thiophene rings is 2. The highest BCUT2D eigenvalue weighted by atomic mass is 32.1. The molecular formula is C17H24N2OS2. The average Bonchev–Trinajstić information content (AvgIpc) is 3.19. The molecule has 0 saturated heterocycles. The van der Waals surface area contributed by atoms with E-state index in [9.17, 15) is 0 Å². The number of nitrogens with zero attached hydrogens (tertiary/aromatic N) is 2. The molecule has 120 valence electrons. The van der Waals surface area contributed by atoms with Gasteiger partial charge in [-0.2, -0.15) is 22.7 Å². The Labute approximate surface area is 141 Å². The third-order valence-corrected chi connectivity index (χ3v) is 4.89. The van der Waals surface area contributed by atoms with Gasteiger partial charge in [0, 0.05) is 18.0 Å². The molecule has 0 bridgehead atoms. The van der Waals surface area contributed by atoms with Crippen molar-refractivity contribution in [2.75, 3.05) is 27.2 Å². The van der Waals surface area contributed by atoms with E-state index in [1.54, 1.807) is 22.7 Å². The Morgan fingerprint density at radius 1 is 1.23 bits per heavy atom. The summed E-state index contributed by atoms with van der Waals surface area (Å²) in [7, 11) is 4.15. The van der Waals surface area contributed by atoms with Crippen LogP contribution in [0.5, 0.6) is 0 Å². The molecule has 0 amide bonds. The zero-order valence-corrected chi connectivity index (χ0v) is 15.1. The lowest BCUT2D eigenvalue weighted by atomic mass is 9.91. The lowest BCUT2D eigenvalue weighted by Crippen LogP contribution is -2.15. The maximum atomic E-state index is 5.62. The summed E-state index contributed by atoms with van der Waals surface area (Å²) in [6.07, 6.45) is 2.01. The highest BCUT2D eigenvalue weighted by Crippen LogP contribution is 2.28. The Kier molecular flexibility index (Phi) is 7.09. The lowest BCUT2D eigenvalue weighted by Gasteiger charge is -2.16. The van der Waals surface area contributed by atoms with Crippen molar-refractivity contribution in [1.82, 2.24) is 4.90 Å². The van der Waals surface area contributed by atoms with Gasteiger partial charge in [0.1, 0.15) is 6.61 Å². The van der Waals surface area contributed by atoms with Gasteiger partial charge in [0.05, 0.1) is 5.71 Å². The minimum Gasteiger partial charge on any atom is -0.396 e. The van der Waals surface area contributed by atoms with Gasteiger partial charge < -0.3 is 9.74 Å². The van der Waals surface area contributed by atoms with Crippen LogP contribution in [0.2, 0.25) is 0 Å². The van der Waals surface area contributed by atoms with E-state index in [0.29, 0.717) is 12.5 Å². The van der Waals surface area contributed by atoms with E-state index in [1.807, 2.05) is 0 Å². The third kappa shape index (κ3) is 4.93. The lowest BCUT2D eigenvalue weighted by molar-refractivity contribution is 0.134. The fraction of sp³-hybridized carbons (Fsp3) is 0.471. The van der Waals surface area contributed by atoms with Crippen LogP contribution in [-0.2, 0) is 4.84 Å². The fourth-order valence-corrected chi connectivity index (χ4v) is 3.71. The van der Waals surface area contributed by atoms with Crippen molar-refractivity contribution in [3.63, 3.8) is 0 Å². The molecule has 2 aromatic rings. The molecule has 0 fully saturated rings. The fourth-order valence-electron chi connectivity index (χ4n) is 2.35. The standard InChI is InChI=1S/C17H24N2OS2/c1-4-16(14-6-10-21-12-14)17(15-7-11-22-13-15)18-20-9-5-8-19(2)3/h6-7,10-13,16H,4-5,8-9H2,1-3H3. The van der Waals surface area contributed by atoms with Gasteiger partial charge in [-0.3, -0.25) is 0 Å². The zero-order valence-electron chi connectivity index (χ0n) is 13.5. The summed E-state index contributed by atoms with van der Waals surface area (Å²) in [6, 6.07) is 4.31. The van der Waals surface area contributed by atoms with Gasteiger partial charge in [-0.05, 0) is 66.2 Å². The molecule has 0 aliphatic rings. The molecule has 2 rings (SSSR count). The topological polar surface area (TPSA) is 24.8 Å². The average molecular weight is 337 g/mol. The first-order chi connectivity index (χ1) is 10.7. The van der Waals surface area contributed by atoms with Crippen LogP contribution in [0.25, 0.3) is 0 Å². The second-order valence-electron chi connectivity index (χ2n) is 5.50. The minimum atomic E-state index is 0.301. The Hall–Kier alpha value is -1.17. The second-order valence-corrected chi connectivity index (χ2v) is 7.06. The van der Waals surface area contributed by atoms with Crippen molar-refractivity contribution >= 4 is 28.4 Å². The Balaban J connectivity index is 2.09. The maximum Gasteiger partial charge on any atom is 0.118 e. The van der Waals surface area contributed by atoms with E-state index in [4.69, 9.17) is 4.84 Å². The molecule has 1 unspecified atom stereocenters. The molecule has 0 aliphatic heterocycles. The van der Waals surface area contributed by atoms with Gasteiger partial charge in [0.15, 0.2) is 0 Å². The monoisotopic (exact) mass is 336 g/mol. The number of oxime groups is 1. The predicted molar refractivity (Wildman–Crippen MR) is 97.3 cm³/mol. The SMILES string of the molecule is CCC(C(=NOCCCN(C)C)c1ccsc1)c1ccsc1. The Morgan fingerprint density at radius 2 is 2.00 bits per heavy atom. The summed E-state index contributed by atoms with van der Waals surface area (Å²) in [4.78, 5) is 7.78. The smallest absolute Gasteiger partial charge is 0.118 e.